The van der Waals surface area contributed by atoms with Crippen LogP contribution in [-0.2, 0) is 23.7 Å². The lowest BCUT2D eigenvalue weighted by Crippen LogP contribution is -2.64. The molecule has 0 radical (unpaired) electrons. The Bertz CT molecular complexity index is 524. The van der Waals surface area contributed by atoms with Crippen LogP contribution in [0.3, 0.4) is 0 Å². The fraction of sp³-hybridized carbons (Fsp3) is 0.833. The largest absolute Gasteiger partial charge is 0.459 e. The van der Waals surface area contributed by atoms with E-state index in [0.29, 0.717) is 12.8 Å². The first kappa shape index (κ1) is 24.0. The van der Waals surface area contributed by atoms with E-state index in [0.717, 1.165) is 0 Å². The Morgan fingerprint density at radius 2 is 1.63 bits per heavy atom. The van der Waals surface area contributed by atoms with Crippen LogP contribution in [0, 0.1) is 0 Å². The van der Waals surface area contributed by atoms with Gasteiger partial charge in [-0.15, -0.1) is 0 Å². The van der Waals surface area contributed by atoms with Crippen molar-refractivity contribution in [3.8, 4) is 0 Å². The van der Waals surface area contributed by atoms with Crippen molar-refractivity contribution in [3.05, 3.63) is 12.2 Å². The van der Waals surface area contributed by atoms with Gasteiger partial charge in [0.05, 0.1) is 0 Å². The van der Waals surface area contributed by atoms with Gasteiger partial charge in [-0.05, 0) is 33.6 Å². The van der Waals surface area contributed by atoms with Gasteiger partial charge in [0.25, 0.3) is 0 Å². The topological polar surface area (TPSA) is 146 Å². The molecule has 1 fully saturated rings. The summed E-state index contributed by atoms with van der Waals surface area (Å²) >= 11 is 0. The lowest BCUT2D eigenvalue weighted by atomic mass is 9.98. The molecule has 0 bridgehead atoms. The van der Waals surface area contributed by atoms with Crippen LogP contribution < -0.4 is 11.5 Å². The van der Waals surface area contributed by atoms with Crippen LogP contribution in [0.2, 0.25) is 0 Å². The van der Waals surface area contributed by atoms with Gasteiger partial charge in [-0.1, -0.05) is 20.4 Å². The monoisotopic (exact) mass is 390 g/mol. The Morgan fingerprint density at radius 3 is 2.11 bits per heavy atom. The van der Waals surface area contributed by atoms with Crippen molar-refractivity contribution >= 4 is 5.97 Å². The Hall–Kier alpha value is -1.07. The Labute approximate surface area is 160 Å². The van der Waals surface area contributed by atoms with Crippen molar-refractivity contribution in [3.63, 3.8) is 0 Å². The number of ether oxygens (including phenoxy) is 4. The Balaban J connectivity index is 3.02. The third kappa shape index (κ3) is 6.79. The van der Waals surface area contributed by atoms with E-state index in [1.54, 1.807) is 13.8 Å². The summed E-state index contributed by atoms with van der Waals surface area (Å²) in [5.74, 6) is -0.612. The van der Waals surface area contributed by atoms with Gasteiger partial charge >= 0.3 is 5.97 Å². The molecule has 7 atom stereocenters. The summed E-state index contributed by atoms with van der Waals surface area (Å²) in [5.41, 5.74) is 10.1. The fourth-order valence-electron chi connectivity index (χ4n) is 2.31. The molecule has 0 aromatic heterocycles. The second-order valence-corrected chi connectivity index (χ2v) is 7.44. The van der Waals surface area contributed by atoms with Crippen molar-refractivity contribution < 1.29 is 34.0 Å². The number of aliphatic hydroxyl groups excluding tert-OH is 2. The van der Waals surface area contributed by atoms with Crippen molar-refractivity contribution in [1.29, 1.82) is 0 Å². The summed E-state index contributed by atoms with van der Waals surface area (Å²) in [6, 6.07) is 0. The zero-order chi connectivity index (χ0) is 21.0. The number of carbonyl (C=O) groups excluding carboxylic acids is 1. The maximum Gasteiger partial charge on any atom is 0.333 e. The molecular weight excluding hydrogens is 356 g/mol. The third-order valence-corrected chi connectivity index (χ3v) is 4.56. The number of carbonyl (C=O) groups is 1. The predicted molar refractivity (Wildman–Crippen MR) is 98.2 cm³/mol. The molecule has 0 spiro atoms. The standard InChI is InChI=1S/C18H34N2O7/c1-7-17(5,19)26-14-11(9-24-15(23)10(3)4)25-16(13(22)12(14)21)27-18(6,20)8-2/h11-14,16,21-22H,3,7-9,19-20H2,1-2,4-6H3. The van der Waals surface area contributed by atoms with Crippen LogP contribution in [0.25, 0.3) is 0 Å². The normalized spacial score (nSPS) is 33.0. The molecule has 1 aliphatic heterocycles. The van der Waals surface area contributed by atoms with Crippen molar-refractivity contribution in [2.45, 2.75) is 89.6 Å². The number of aliphatic hydroxyl groups is 2. The van der Waals surface area contributed by atoms with Crippen molar-refractivity contribution in [1.82, 2.24) is 0 Å². The molecule has 0 amide bonds. The molecule has 0 aliphatic carbocycles. The summed E-state index contributed by atoms with van der Waals surface area (Å²) in [4.78, 5) is 11.7. The molecule has 0 aromatic carbocycles. The number of rotatable bonds is 9. The smallest absolute Gasteiger partial charge is 0.333 e. The van der Waals surface area contributed by atoms with Gasteiger partial charge in [-0.3, -0.25) is 0 Å². The van der Waals surface area contributed by atoms with Gasteiger partial charge in [0, 0.05) is 5.57 Å². The third-order valence-electron chi connectivity index (χ3n) is 4.56. The van der Waals surface area contributed by atoms with Crippen LogP contribution in [0.1, 0.15) is 47.5 Å². The molecule has 9 heteroatoms. The van der Waals surface area contributed by atoms with Gasteiger partial charge in [-0.2, -0.15) is 0 Å². The van der Waals surface area contributed by atoms with Crippen LogP contribution in [0.5, 0.6) is 0 Å². The van der Waals surface area contributed by atoms with Gasteiger partial charge < -0.3 is 40.6 Å². The highest BCUT2D eigenvalue weighted by Crippen LogP contribution is 2.29. The molecule has 1 saturated heterocycles. The van der Waals surface area contributed by atoms with Crippen molar-refractivity contribution in [2.24, 2.45) is 11.5 Å². The van der Waals surface area contributed by atoms with E-state index in [9.17, 15) is 15.0 Å². The maximum absolute atomic E-state index is 11.7. The molecule has 0 aromatic rings. The van der Waals surface area contributed by atoms with Crippen LogP contribution in [-0.4, -0.2) is 64.9 Å². The van der Waals surface area contributed by atoms with Gasteiger partial charge in [0.1, 0.15) is 42.5 Å². The summed E-state index contributed by atoms with van der Waals surface area (Å²) in [6.07, 6.45) is -5.13. The predicted octanol–water partition coefficient (Wildman–Crippen LogP) is 0.124. The summed E-state index contributed by atoms with van der Waals surface area (Å²) in [5, 5.41) is 21.0. The van der Waals surface area contributed by atoms with Crippen LogP contribution in [0.15, 0.2) is 12.2 Å². The fourth-order valence-corrected chi connectivity index (χ4v) is 2.31. The maximum atomic E-state index is 11.7. The highest BCUT2D eigenvalue weighted by atomic mass is 16.7. The van der Waals surface area contributed by atoms with Gasteiger partial charge in [-0.25, -0.2) is 4.79 Å². The summed E-state index contributed by atoms with van der Waals surface area (Å²) in [6.45, 7) is 11.7. The molecule has 158 valence electrons. The first-order valence-electron chi connectivity index (χ1n) is 9.11. The van der Waals surface area contributed by atoms with E-state index in [-0.39, 0.29) is 12.2 Å². The first-order chi connectivity index (χ1) is 12.3. The molecule has 6 N–H and O–H groups in total. The van der Waals surface area contributed by atoms with E-state index in [1.165, 1.54) is 6.92 Å². The quantitative estimate of drug-likeness (QED) is 0.245. The average Bonchev–Trinajstić information content (AvgIpc) is 2.59. The number of hydrogen-bond acceptors (Lipinski definition) is 9. The Morgan fingerprint density at radius 1 is 1.11 bits per heavy atom. The molecule has 7 unspecified atom stereocenters. The zero-order valence-corrected chi connectivity index (χ0v) is 16.8. The SMILES string of the molecule is C=C(C)C(=O)OCC1OC(OC(C)(N)CC)C(O)C(O)C1OC(C)(N)CC. The number of nitrogens with two attached hydrogens (primary N) is 2. The second kappa shape index (κ2) is 9.42. The minimum absolute atomic E-state index is 0.217. The van der Waals surface area contributed by atoms with E-state index < -0.39 is 48.1 Å². The van der Waals surface area contributed by atoms with Crippen LogP contribution >= 0.6 is 0 Å². The minimum atomic E-state index is -1.43. The van der Waals surface area contributed by atoms with E-state index in [2.05, 4.69) is 6.58 Å². The molecule has 9 nitrogen and oxygen atoms in total. The average molecular weight is 390 g/mol. The molecular formula is C18H34N2O7. The summed E-state index contributed by atoms with van der Waals surface area (Å²) in [7, 11) is 0. The molecule has 1 aliphatic rings. The van der Waals surface area contributed by atoms with Gasteiger partial charge in [0.2, 0.25) is 0 Å². The van der Waals surface area contributed by atoms with E-state index in [1.807, 2.05) is 13.8 Å². The highest BCUT2D eigenvalue weighted by Gasteiger charge is 2.49. The molecule has 1 rings (SSSR count). The molecule has 0 saturated carbocycles. The lowest BCUT2D eigenvalue weighted by molar-refractivity contribution is -0.339. The van der Waals surface area contributed by atoms with E-state index >= 15 is 0 Å². The highest BCUT2D eigenvalue weighted by molar-refractivity contribution is 5.86. The van der Waals surface area contributed by atoms with Crippen LogP contribution in [0.4, 0.5) is 0 Å². The minimum Gasteiger partial charge on any atom is -0.459 e. The number of hydrogen-bond donors (Lipinski definition) is 4. The first-order valence-corrected chi connectivity index (χ1v) is 9.11. The lowest BCUT2D eigenvalue weighted by Gasteiger charge is -2.46. The van der Waals surface area contributed by atoms with Crippen molar-refractivity contribution in [2.75, 3.05) is 6.61 Å². The molecule has 27 heavy (non-hydrogen) atoms. The van der Waals surface area contributed by atoms with Gasteiger partial charge in [0.15, 0.2) is 6.29 Å². The molecule has 1 heterocycles. The van der Waals surface area contributed by atoms with E-state index in [4.69, 9.17) is 30.4 Å². The summed E-state index contributed by atoms with van der Waals surface area (Å²) < 4.78 is 22.2. The zero-order valence-electron chi connectivity index (χ0n) is 16.8. The number of esters is 1. The Kier molecular flexibility index (Phi) is 8.36. The second-order valence-electron chi connectivity index (χ2n) is 7.44.